The van der Waals surface area contributed by atoms with Gasteiger partial charge in [0.1, 0.15) is 0 Å². The molecule has 0 saturated heterocycles. The Hall–Kier alpha value is -2.00. The number of anilines is 1. The van der Waals surface area contributed by atoms with Gasteiger partial charge in [-0.2, -0.15) is 0 Å². The number of carboxylic acid groups (broad SMARTS) is 1. The molecule has 2 aromatic rings. The summed E-state index contributed by atoms with van der Waals surface area (Å²) in [5.41, 5.74) is 1.28. The van der Waals surface area contributed by atoms with Crippen LogP contribution in [0.3, 0.4) is 0 Å². The fraction of sp³-hybridized carbons (Fsp3) is 0.0667. The zero-order valence-corrected chi connectivity index (χ0v) is 13.8. The molecule has 0 heterocycles. The van der Waals surface area contributed by atoms with E-state index in [0.29, 0.717) is 5.69 Å². The average molecular weight is 321 g/mol. The topological polar surface area (TPSA) is 66.4 Å². The minimum absolute atomic E-state index is 0. The Kier molecular flexibility index (Phi) is 6.07. The van der Waals surface area contributed by atoms with Gasteiger partial charge in [-0.1, -0.05) is 42.5 Å². The first-order valence-electron chi connectivity index (χ1n) is 5.83. The molecule has 0 spiro atoms. The predicted molar refractivity (Wildman–Crippen MR) is 72.2 cm³/mol. The van der Waals surface area contributed by atoms with Crippen molar-refractivity contribution in [2.75, 3.05) is 5.32 Å². The van der Waals surface area contributed by atoms with E-state index in [1.807, 2.05) is 30.3 Å². The molecule has 0 bridgehead atoms. The standard InChI is InChI=1S/C15H13NO3.Zn/c17-14(10-11-6-2-1-3-7-11)16-13-9-5-4-8-12(13)15(18)19;/h1-9H,10H2,(H,16,17)(H,18,19);. The summed E-state index contributed by atoms with van der Waals surface area (Å²) in [5.74, 6) is -1.30. The third-order valence-electron chi connectivity index (χ3n) is 2.64. The Morgan fingerprint density at radius 2 is 1.55 bits per heavy atom. The number of para-hydroxylation sites is 1. The van der Waals surface area contributed by atoms with Gasteiger partial charge in [-0.25, -0.2) is 4.79 Å². The van der Waals surface area contributed by atoms with Crippen LogP contribution in [0.5, 0.6) is 0 Å². The zero-order valence-electron chi connectivity index (χ0n) is 10.9. The number of hydrogen-bond acceptors (Lipinski definition) is 2. The van der Waals surface area contributed by atoms with E-state index in [9.17, 15) is 9.59 Å². The molecule has 0 saturated carbocycles. The van der Waals surface area contributed by atoms with Crippen molar-refractivity contribution < 1.29 is 34.2 Å². The van der Waals surface area contributed by atoms with Gasteiger partial charge in [0.05, 0.1) is 17.7 Å². The van der Waals surface area contributed by atoms with Crippen LogP contribution in [0.25, 0.3) is 0 Å². The first-order valence-corrected chi connectivity index (χ1v) is 5.83. The van der Waals surface area contributed by atoms with Gasteiger partial charge in [0.2, 0.25) is 5.91 Å². The third-order valence-corrected chi connectivity index (χ3v) is 2.64. The van der Waals surface area contributed by atoms with Crippen molar-refractivity contribution in [3.05, 3.63) is 65.7 Å². The van der Waals surface area contributed by atoms with Crippen LogP contribution in [0.1, 0.15) is 15.9 Å². The number of hydrogen-bond donors (Lipinski definition) is 2. The number of carbonyl (C=O) groups excluding carboxylic acids is 1. The smallest absolute Gasteiger partial charge is 0.337 e. The number of benzene rings is 2. The van der Waals surface area contributed by atoms with Gasteiger partial charge in [0.15, 0.2) is 0 Å². The molecule has 2 rings (SSSR count). The zero-order chi connectivity index (χ0) is 13.7. The van der Waals surface area contributed by atoms with Crippen LogP contribution in [0.4, 0.5) is 5.69 Å². The van der Waals surface area contributed by atoms with E-state index >= 15 is 0 Å². The number of rotatable bonds is 4. The molecule has 0 aliphatic carbocycles. The second kappa shape index (κ2) is 7.56. The van der Waals surface area contributed by atoms with E-state index < -0.39 is 5.97 Å². The number of nitrogens with one attached hydrogen (secondary N) is 1. The van der Waals surface area contributed by atoms with E-state index in [-0.39, 0.29) is 37.4 Å². The summed E-state index contributed by atoms with van der Waals surface area (Å²) in [6.45, 7) is 0. The normalized spacial score (nSPS) is 9.40. The minimum Gasteiger partial charge on any atom is -0.478 e. The average Bonchev–Trinajstić information content (AvgIpc) is 2.40. The Morgan fingerprint density at radius 1 is 0.950 bits per heavy atom. The van der Waals surface area contributed by atoms with Crippen molar-refractivity contribution in [1.29, 1.82) is 0 Å². The minimum atomic E-state index is -1.06. The monoisotopic (exact) mass is 319 g/mol. The van der Waals surface area contributed by atoms with Gasteiger partial charge in [-0.3, -0.25) is 4.79 Å². The predicted octanol–water partition coefficient (Wildman–Crippen LogP) is 2.56. The van der Waals surface area contributed by atoms with E-state index in [2.05, 4.69) is 5.32 Å². The Bertz CT molecular complexity index is 599. The van der Waals surface area contributed by atoms with Crippen LogP contribution in [0.2, 0.25) is 0 Å². The van der Waals surface area contributed by atoms with Crippen molar-refractivity contribution in [1.82, 2.24) is 0 Å². The van der Waals surface area contributed by atoms with E-state index in [1.165, 1.54) is 6.07 Å². The molecule has 5 heteroatoms. The molecule has 0 atom stereocenters. The third kappa shape index (κ3) is 4.28. The maximum Gasteiger partial charge on any atom is 0.337 e. The first-order chi connectivity index (χ1) is 9.16. The van der Waals surface area contributed by atoms with Gasteiger partial charge in [-0.15, -0.1) is 0 Å². The molecule has 4 nitrogen and oxygen atoms in total. The van der Waals surface area contributed by atoms with Crippen LogP contribution in [0.15, 0.2) is 54.6 Å². The van der Waals surface area contributed by atoms with Crippen molar-refractivity contribution >= 4 is 17.6 Å². The molecule has 0 fully saturated rings. The quantitative estimate of drug-likeness (QED) is 0.851. The van der Waals surface area contributed by atoms with Gasteiger partial charge in [0.25, 0.3) is 0 Å². The van der Waals surface area contributed by atoms with Crippen LogP contribution in [0, 0.1) is 0 Å². The largest absolute Gasteiger partial charge is 0.478 e. The second-order valence-corrected chi connectivity index (χ2v) is 4.06. The van der Waals surface area contributed by atoms with E-state index in [4.69, 9.17) is 5.11 Å². The summed E-state index contributed by atoms with van der Waals surface area (Å²) in [6, 6.07) is 15.6. The summed E-state index contributed by atoms with van der Waals surface area (Å²) in [4.78, 5) is 22.9. The van der Waals surface area contributed by atoms with Gasteiger partial charge >= 0.3 is 5.97 Å². The number of amides is 1. The van der Waals surface area contributed by atoms with Gasteiger partial charge < -0.3 is 10.4 Å². The summed E-state index contributed by atoms with van der Waals surface area (Å²) < 4.78 is 0. The second-order valence-electron chi connectivity index (χ2n) is 4.06. The summed E-state index contributed by atoms with van der Waals surface area (Å²) >= 11 is 0. The Labute approximate surface area is 129 Å². The van der Waals surface area contributed by atoms with Crippen LogP contribution in [-0.2, 0) is 30.7 Å². The van der Waals surface area contributed by atoms with Crippen LogP contribution in [-0.4, -0.2) is 17.0 Å². The molecule has 0 aliphatic rings. The van der Waals surface area contributed by atoms with Crippen molar-refractivity contribution in [2.45, 2.75) is 6.42 Å². The summed E-state index contributed by atoms with van der Waals surface area (Å²) in [7, 11) is 0. The molecular formula is C15H13NO3Zn. The number of carbonyl (C=O) groups is 2. The summed E-state index contributed by atoms with van der Waals surface area (Å²) in [5, 5.41) is 11.6. The van der Waals surface area contributed by atoms with Crippen LogP contribution >= 0.6 is 0 Å². The maximum atomic E-state index is 11.9. The molecule has 2 aromatic carbocycles. The van der Waals surface area contributed by atoms with E-state index in [0.717, 1.165) is 5.56 Å². The van der Waals surface area contributed by atoms with Crippen LogP contribution < -0.4 is 5.32 Å². The molecule has 0 aromatic heterocycles. The Balaban J connectivity index is 0.00000200. The molecule has 1 amide bonds. The maximum absolute atomic E-state index is 11.9. The first kappa shape index (κ1) is 16.1. The van der Waals surface area contributed by atoms with Crippen molar-refractivity contribution in [2.24, 2.45) is 0 Å². The number of carboxylic acids is 1. The molecule has 0 radical (unpaired) electrons. The Morgan fingerprint density at radius 3 is 2.20 bits per heavy atom. The molecule has 2 N–H and O–H groups in total. The molecular weight excluding hydrogens is 308 g/mol. The van der Waals surface area contributed by atoms with E-state index in [1.54, 1.807) is 18.2 Å². The molecule has 20 heavy (non-hydrogen) atoms. The SMILES string of the molecule is O=C(Cc1ccccc1)Nc1ccccc1C(=O)O.[Zn]. The number of aromatic carboxylic acids is 1. The molecule has 98 valence electrons. The van der Waals surface area contributed by atoms with Crippen molar-refractivity contribution in [3.8, 4) is 0 Å². The molecule has 0 aliphatic heterocycles. The van der Waals surface area contributed by atoms with Crippen molar-refractivity contribution in [3.63, 3.8) is 0 Å². The fourth-order valence-corrected chi connectivity index (χ4v) is 1.75. The van der Waals surface area contributed by atoms with Gasteiger partial charge in [-0.05, 0) is 17.7 Å². The fourth-order valence-electron chi connectivity index (χ4n) is 1.75. The van der Waals surface area contributed by atoms with Gasteiger partial charge in [0, 0.05) is 19.5 Å². The summed E-state index contributed by atoms with van der Waals surface area (Å²) in [6.07, 6.45) is 0.217. The molecule has 0 unspecified atom stereocenters.